The van der Waals surface area contributed by atoms with Gasteiger partial charge in [-0.1, -0.05) is 18.2 Å². The van der Waals surface area contributed by atoms with E-state index in [9.17, 15) is 9.18 Å². The highest BCUT2D eigenvalue weighted by Crippen LogP contribution is 2.22. The number of rotatable bonds is 6. The van der Waals surface area contributed by atoms with E-state index in [-0.39, 0.29) is 17.8 Å². The number of aromatic nitrogens is 1. The molecule has 1 aromatic carbocycles. The monoisotopic (exact) mass is 354 g/mol. The molecule has 0 spiro atoms. The van der Waals surface area contributed by atoms with Gasteiger partial charge in [-0.15, -0.1) is 0 Å². The van der Waals surface area contributed by atoms with E-state index < -0.39 is 0 Å². The molecule has 1 saturated carbocycles. The van der Waals surface area contributed by atoms with Crippen LogP contribution < -0.4 is 10.1 Å². The Hall–Kier alpha value is -2.69. The third-order valence-electron chi connectivity index (χ3n) is 4.50. The number of nitrogens with one attached hydrogen (secondary N) is 1. The van der Waals surface area contributed by atoms with Gasteiger partial charge in [0.2, 0.25) is 11.8 Å². The van der Waals surface area contributed by atoms with Crippen molar-refractivity contribution in [3.05, 3.63) is 65.6 Å². The predicted octanol–water partition coefficient (Wildman–Crippen LogP) is 4.26. The summed E-state index contributed by atoms with van der Waals surface area (Å²) in [7, 11) is 0. The van der Waals surface area contributed by atoms with Crippen LogP contribution in [-0.2, 0) is 11.3 Å². The van der Waals surface area contributed by atoms with Gasteiger partial charge in [-0.2, -0.15) is 0 Å². The Morgan fingerprint density at radius 1 is 1.23 bits per heavy atom. The van der Waals surface area contributed by atoms with Crippen LogP contribution in [0.1, 0.15) is 43.7 Å². The Balaban J connectivity index is 1.50. The summed E-state index contributed by atoms with van der Waals surface area (Å²) < 4.78 is 18.8. The Bertz CT molecular complexity index is 764. The molecule has 1 heterocycles. The average Bonchev–Trinajstić information content (AvgIpc) is 3.15. The fraction of sp³-hybridized carbons (Fsp3) is 0.333. The number of halogens is 1. The first kappa shape index (κ1) is 18.1. The maximum atomic E-state index is 12.9. The van der Waals surface area contributed by atoms with Gasteiger partial charge in [0.15, 0.2) is 0 Å². The van der Waals surface area contributed by atoms with E-state index >= 15 is 0 Å². The highest BCUT2D eigenvalue weighted by molar-refractivity contribution is 5.94. The van der Waals surface area contributed by atoms with Crippen LogP contribution >= 0.6 is 0 Å². The van der Waals surface area contributed by atoms with Crippen LogP contribution in [0.3, 0.4) is 0 Å². The first-order valence-corrected chi connectivity index (χ1v) is 8.94. The predicted molar refractivity (Wildman–Crippen MR) is 99.0 cm³/mol. The van der Waals surface area contributed by atoms with Crippen molar-refractivity contribution in [3.8, 4) is 5.88 Å². The molecule has 4 nitrogen and oxygen atoms in total. The minimum absolute atomic E-state index is 0.196. The summed E-state index contributed by atoms with van der Waals surface area (Å²) in [6.07, 6.45) is 8.16. The van der Waals surface area contributed by atoms with Crippen LogP contribution in [-0.4, -0.2) is 17.0 Å². The Labute approximate surface area is 153 Å². The maximum absolute atomic E-state index is 12.9. The molecule has 0 saturated heterocycles. The third-order valence-corrected chi connectivity index (χ3v) is 4.50. The highest BCUT2D eigenvalue weighted by Gasteiger charge is 2.16. The fourth-order valence-corrected chi connectivity index (χ4v) is 3.00. The van der Waals surface area contributed by atoms with Crippen molar-refractivity contribution >= 4 is 11.5 Å². The largest absolute Gasteiger partial charge is 0.474 e. The Morgan fingerprint density at radius 2 is 1.96 bits per heavy atom. The quantitative estimate of drug-likeness (QED) is 0.789. The summed E-state index contributed by atoms with van der Waals surface area (Å²) in [5, 5.41) is 2.83. The van der Waals surface area contributed by atoms with Gasteiger partial charge in [0.1, 0.15) is 11.9 Å². The molecule has 1 N–H and O–H groups in total. The van der Waals surface area contributed by atoms with E-state index in [0.717, 1.165) is 29.5 Å². The molecule has 0 atom stereocenters. The maximum Gasteiger partial charge on any atom is 0.244 e. The van der Waals surface area contributed by atoms with E-state index in [1.165, 1.54) is 31.1 Å². The minimum atomic E-state index is -0.293. The minimum Gasteiger partial charge on any atom is -0.474 e. The summed E-state index contributed by atoms with van der Waals surface area (Å²) in [5.74, 6) is 0.149. The molecular weight excluding hydrogens is 331 g/mol. The van der Waals surface area contributed by atoms with Gasteiger partial charge in [-0.05, 0) is 61.4 Å². The van der Waals surface area contributed by atoms with E-state index in [0.29, 0.717) is 12.4 Å². The van der Waals surface area contributed by atoms with Crippen molar-refractivity contribution in [2.75, 3.05) is 0 Å². The molecule has 1 aliphatic carbocycles. The standard InChI is InChI=1S/C21H23FN2O2/c1-15(17-7-9-18(22)10-8-17)12-20(25)23-13-16-6-11-21(24-14-16)26-19-4-2-3-5-19/h6-12,14,19H,2-5,13H2,1H3,(H,23,25)/b15-12+. The lowest BCUT2D eigenvalue weighted by molar-refractivity contribution is -0.116. The van der Waals surface area contributed by atoms with Crippen LogP contribution in [0.25, 0.3) is 5.57 Å². The van der Waals surface area contributed by atoms with E-state index in [1.807, 2.05) is 19.1 Å². The molecule has 1 fully saturated rings. The number of benzene rings is 1. The average molecular weight is 354 g/mol. The molecule has 3 rings (SSSR count). The van der Waals surface area contributed by atoms with Crippen LogP contribution in [0.15, 0.2) is 48.7 Å². The first-order valence-electron chi connectivity index (χ1n) is 8.94. The zero-order chi connectivity index (χ0) is 18.4. The molecule has 1 amide bonds. The number of allylic oxidation sites excluding steroid dienone is 1. The molecule has 26 heavy (non-hydrogen) atoms. The lowest BCUT2D eigenvalue weighted by atomic mass is 10.1. The SMILES string of the molecule is C/C(=C\C(=O)NCc1ccc(OC2CCCC2)nc1)c1ccc(F)cc1. The van der Waals surface area contributed by atoms with Crippen LogP contribution in [0.4, 0.5) is 4.39 Å². The molecule has 1 aliphatic rings. The van der Waals surface area contributed by atoms with Crippen molar-refractivity contribution in [1.82, 2.24) is 10.3 Å². The lowest BCUT2D eigenvalue weighted by Gasteiger charge is -2.12. The Kier molecular flexibility index (Phi) is 6.00. The normalized spacial score (nSPS) is 15.1. The summed E-state index contributed by atoms with van der Waals surface area (Å²) in [6.45, 7) is 2.21. The zero-order valence-corrected chi connectivity index (χ0v) is 14.9. The van der Waals surface area contributed by atoms with Crippen molar-refractivity contribution in [3.63, 3.8) is 0 Å². The molecule has 0 aliphatic heterocycles. The number of ether oxygens (including phenoxy) is 1. The number of hydrogen-bond acceptors (Lipinski definition) is 3. The van der Waals surface area contributed by atoms with Crippen molar-refractivity contribution in [2.45, 2.75) is 45.3 Å². The van der Waals surface area contributed by atoms with Crippen LogP contribution in [0.5, 0.6) is 5.88 Å². The number of carbonyl (C=O) groups is 1. The smallest absolute Gasteiger partial charge is 0.244 e. The molecule has 2 aromatic rings. The van der Waals surface area contributed by atoms with Gasteiger partial charge in [-0.25, -0.2) is 9.37 Å². The molecule has 1 aromatic heterocycles. The summed E-state index contributed by atoms with van der Waals surface area (Å²) in [4.78, 5) is 16.4. The van der Waals surface area contributed by atoms with Gasteiger partial charge in [-0.3, -0.25) is 4.79 Å². The summed E-state index contributed by atoms with van der Waals surface area (Å²) in [5.41, 5.74) is 2.50. The second-order valence-corrected chi connectivity index (χ2v) is 6.58. The van der Waals surface area contributed by atoms with E-state index in [2.05, 4.69) is 10.3 Å². The van der Waals surface area contributed by atoms with Gasteiger partial charge >= 0.3 is 0 Å². The van der Waals surface area contributed by atoms with Crippen molar-refractivity contribution < 1.29 is 13.9 Å². The van der Waals surface area contributed by atoms with Crippen LogP contribution in [0, 0.1) is 5.82 Å². The fourth-order valence-electron chi connectivity index (χ4n) is 3.00. The van der Waals surface area contributed by atoms with Crippen molar-refractivity contribution in [2.24, 2.45) is 0 Å². The van der Waals surface area contributed by atoms with Gasteiger partial charge in [0, 0.05) is 24.9 Å². The highest BCUT2D eigenvalue weighted by atomic mass is 19.1. The number of nitrogens with zero attached hydrogens (tertiary/aromatic N) is 1. The zero-order valence-electron chi connectivity index (χ0n) is 14.9. The van der Waals surface area contributed by atoms with E-state index in [1.54, 1.807) is 18.3 Å². The first-order chi connectivity index (χ1) is 12.6. The molecule has 0 unspecified atom stereocenters. The molecule has 5 heteroatoms. The molecular formula is C21H23FN2O2. The second-order valence-electron chi connectivity index (χ2n) is 6.58. The Morgan fingerprint density at radius 3 is 2.62 bits per heavy atom. The topological polar surface area (TPSA) is 51.2 Å². The van der Waals surface area contributed by atoms with Gasteiger partial charge < -0.3 is 10.1 Å². The second kappa shape index (κ2) is 8.61. The van der Waals surface area contributed by atoms with Crippen molar-refractivity contribution in [1.29, 1.82) is 0 Å². The number of amides is 1. The summed E-state index contributed by atoms with van der Waals surface area (Å²) in [6, 6.07) is 9.83. The number of hydrogen-bond donors (Lipinski definition) is 1. The summed E-state index contributed by atoms with van der Waals surface area (Å²) >= 11 is 0. The molecule has 0 radical (unpaired) electrons. The van der Waals surface area contributed by atoms with Gasteiger partial charge in [0.05, 0.1) is 0 Å². The number of pyridine rings is 1. The third kappa shape index (κ3) is 5.15. The van der Waals surface area contributed by atoms with Crippen LogP contribution in [0.2, 0.25) is 0 Å². The lowest BCUT2D eigenvalue weighted by Crippen LogP contribution is -2.20. The van der Waals surface area contributed by atoms with E-state index in [4.69, 9.17) is 4.74 Å². The molecule has 0 bridgehead atoms. The molecule has 136 valence electrons. The number of carbonyl (C=O) groups excluding carboxylic acids is 1. The van der Waals surface area contributed by atoms with Gasteiger partial charge in [0.25, 0.3) is 0 Å².